The minimum Gasteiger partial charge on any atom is -0.452 e. The zero-order chi connectivity index (χ0) is 20.1. The Morgan fingerprint density at radius 2 is 1.93 bits per heavy atom. The van der Waals surface area contributed by atoms with Crippen molar-refractivity contribution >= 4 is 35.1 Å². The van der Waals surface area contributed by atoms with E-state index in [1.165, 1.54) is 22.1 Å². The smallest absolute Gasteiger partial charge is 0.331 e. The van der Waals surface area contributed by atoms with Gasteiger partial charge in [-0.15, -0.1) is 0 Å². The third-order valence-electron chi connectivity index (χ3n) is 3.56. The van der Waals surface area contributed by atoms with Crippen molar-refractivity contribution in [1.29, 1.82) is 0 Å². The molecular weight excluding hydrogens is 378 g/mol. The van der Waals surface area contributed by atoms with Gasteiger partial charge in [0.15, 0.2) is 6.61 Å². The van der Waals surface area contributed by atoms with E-state index < -0.39 is 18.5 Å². The third-order valence-corrected chi connectivity index (χ3v) is 4.26. The fourth-order valence-corrected chi connectivity index (χ4v) is 3.07. The molecule has 0 aliphatic heterocycles. The van der Waals surface area contributed by atoms with Crippen LogP contribution in [-0.4, -0.2) is 38.2 Å². The summed E-state index contributed by atoms with van der Waals surface area (Å²) in [5.74, 6) is -0.319. The molecule has 0 saturated carbocycles. The maximum Gasteiger partial charge on any atom is 0.331 e. The van der Waals surface area contributed by atoms with Gasteiger partial charge in [-0.3, -0.25) is 4.79 Å². The number of thiophene rings is 1. The van der Waals surface area contributed by atoms with Crippen LogP contribution < -0.4 is 5.32 Å². The predicted molar refractivity (Wildman–Crippen MR) is 106 cm³/mol. The number of amides is 1. The normalized spacial score (nSPS) is 11.0. The van der Waals surface area contributed by atoms with Gasteiger partial charge in [0, 0.05) is 23.5 Å². The summed E-state index contributed by atoms with van der Waals surface area (Å²) in [5.41, 5.74) is 3.17. The van der Waals surface area contributed by atoms with Crippen LogP contribution >= 0.6 is 11.3 Å². The molecule has 9 heteroatoms. The second-order valence-corrected chi connectivity index (χ2v) is 6.86. The van der Waals surface area contributed by atoms with Gasteiger partial charge in [0.25, 0.3) is 11.9 Å². The Morgan fingerprint density at radius 3 is 2.61 bits per heavy atom. The van der Waals surface area contributed by atoms with Gasteiger partial charge in [0.05, 0.1) is 5.69 Å². The fourth-order valence-electron chi connectivity index (χ4n) is 2.44. The Morgan fingerprint density at radius 1 is 1.18 bits per heavy atom. The molecule has 8 nitrogen and oxygen atoms in total. The Hall–Kier alpha value is -3.33. The number of nitrogens with zero attached hydrogens (tertiary/aromatic N) is 4. The summed E-state index contributed by atoms with van der Waals surface area (Å²) >= 11 is 1.53. The summed E-state index contributed by atoms with van der Waals surface area (Å²) in [7, 11) is 0. The van der Waals surface area contributed by atoms with Crippen LogP contribution in [0.25, 0.3) is 12.0 Å². The lowest BCUT2D eigenvalue weighted by Gasteiger charge is -2.08. The molecule has 0 aliphatic rings. The van der Waals surface area contributed by atoms with Crippen molar-refractivity contribution in [2.45, 2.75) is 20.8 Å². The molecule has 1 amide bonds. The molecule has 0 aliphatic carbocycles. The molecular formula is C19H19N5O3S. The minimum atomic E-state index is -0.594. The maximum atomic E-state index is 12.2. The summed E-state index contributed by atoms with van der Waals surface area (Å²) in [6.07, 6.45) is 2.92. The first-order chi connectivity index (χ1) is 13.4. The van der Waals surface area contributed by atoms with Gasteiger partial charge in [-0.1, -0.05) is 0 Å². The molecule has 0 fully saturated rings. The number of aromatic nitrogens is 4. The topological polar surface area (TPSA) is 99.0 Å². The average molecular weight is 397 g/mol. The van der Waals surface area contributed by atoms with Crippen molar-refractivity contribution in [1.82, 2.24) is 19.7 Å². The second kappa shape index (κ2) is 8.57. The largest absolute Gasteiger partial charge is 0.452 e. The number of esters is 1. The molecule has 0 atom stereocenters. The van der Waals surface area contributed by atoms with Gasteiger partial charge in [-0.05, 0) is 55.3 Å². The fraction of sp³-hybridized carbons (Fsp3) is 0.211. The summed E-state index contributed by atoms with van der Waals surface area (Å²) < 4.78 is 6.42. The Balaban J connectivity index is 1.63. The summed E-state index contributed by atoms with van der Waals surface area (Å²) in [4.78, 5) is 32.6. The summed E-state index contributed by atoms with van der Waals surface area (Å²) in [6, 6.07) is 5.41. The highest BCUT2D eigenvalue weighted by Gasteiger charge is 2.14. The van der Waals surface area contributed by atoms with Crippen LogP contribution in [0.5, 0.6) is 0 Å². The highest BCUT2D eigenvalue weighted by Crippen LogP contribution is 2.15. The highest BCUT2D eigenvalue weighted by atomic mass is 32.1. The molecule has 0 spiro atoms. The van der Waals surface area contributed by atoms with Gasteiger partial charge >= 0.3 is 5.97 Å². The van der Waals surface area contributed by atoms with E-state index >= 15 is 0 Å². The standard InChI is InChI=1S/C19H19N5O3S/c1-12-8-13(2)21-19(20-12)24-16(9-14(3)23-24)22-17(25)10-27-18(26)5-4-15-6-7-28-11-15/h4-9,11H,10H2,1-3H3,(H,22,25)/b5-4+. The van der Waals surface area contributed by atoms with E-state index in [2.05, 4.69) is 20.4 Å². The number of hydrogen-bond donors (Lipinski definition) is 1. The van der Waals surface area contributed by atoms with Crippen LogP contribution in [-0.2, 0) is 14.3 Å². The second-order valence-electron chi connectivity index (χ2n) is 6.08. The van der Waals surface area contributed by atoms with Crippen molar-refractivity contribution in [2.24, 2.45) is 0 Å². The molecule has 0 radical (unpaired) electrons. The lowest BCUT2D eigenvalue weighted by molar-refractivity contribution is -0.142. The predicted octanol–water partition coefficient (Wildman–Crippen LogP) is 2.84. The SMILES string of the molecule is Cc1cc(C)nc(-n2nc(C)cc2NC(=O)COC(=O)/C=C/c2ccsc2)n1. The van der Waals surface area contributed by atoms with E-state index in [-0.39, 0.29) is 0 Å². The van der Waals surface area contributed by atoms with E-state index in [9.17, 15) is 9.59 Å². The Labute approximate surface area is 165 Å². The number of ether oxygens (including phenoxy) is 1. The van der Waals surface area contributed by atoms with Gasteiger partial charge < -0.3 is 10.1 Å². The number of aryl methyl sites for hydroxylation is 3. The number of nitrogens with one attached hydrogen (secondary N) is 1. The highest BCUT2D eigenvalue weighted by molar-refractivity contribution is 7.08. The third kappa shape index (κ3) is 5.10. The zero-order valence-corrected chi connectivity index (χ0v) is 16.5. The molecule has 0 bridgehead atoms. The summed E-state index contributed by atoms with van der Waals surface area (Å²) in [5, 5.41) is 10.8. The van der Waals surface area contributed by atoms with Crippen LogP contribution in [0.15, 0.2) is 35.0 Å². The molecule has 3 aromatic rings. The molecule has 0 saturated heterocycles. The number of anilines is 1. The lowest BCUT2D eigenvalue weighted by Crippen LogP contribution is -2.22. The minimum absolute atomic E-state index is 0.358. The number of hydrogen-bond acceptors (Lipinski definition) is 7. The Kier molecular flexibility index (Phi) is 5.95. The van der Waals surface area contributed by atoms with Crippen molar-refractivity contribution in [3.63, 3.8) is 0 Å². The first kappa shape index (κ1) is 19.4. The first-order valence-electron chi connectivity index (χ1n) is 8.47. The van der Waals surface area contributed by atoms with Crippen LogP contribution in [0.4, 0.5) is 5.82 Å². The van der Waals surface area contributed by atoms with Crippen molar-refractivity contribution < 1.29 is 14.3 Å². The van der Waals surface area contributed by atoms with Crippen LogP contribution in [0, 0.1) is 20.8 Å². The number of carbonyl (C=O) groups excluding carboxylic acids is 2. The van der Waals surface area contributed by atoms with E-state index in [4.69, 9.17) is 4.74 Å². The summed E-state index contributed by atoms with van der Waals surface area (Å²) in [6.45, 7) is 5.10. The quantitative estimate of drug-likeness (QED) is 0.507. The molecule has 3 aromatic heterocycles. The van der Waals surface area contributed by atoms with Crippen molar-refractivity contribution in [2.75, 3.05) is 11.9 Å². The first-order valence-corrected chi connectivity index (χ1v) is 9.41. The molecule has 3 heterocycles. The Bertz CT molecular complexity index is 1000. The molecule has 28 heavy (non-hydrogen) atoms. The van der Waals surface area contributed by atoms with E-state index in [0.717, 1.165) is 17.0 Å². The van der Waals surface area contributed by atoms with Gasteiger partial charge in [-0.25, -0.2) is 14.8 Å². The molecule has 3 rings (SSSR count). The maximum absolute atomic E-state index is 12.2. The van der Waals surface area contributed by atoms with Gasteiger partial charge in [-0.2, -0.15) is 21.1 Å². The zero-order valence-electron chi connectivity index (χ0n) is 15.7. The lowest BCUT2D eigenvalue weighted by atomic mass is 10.3. The van der Waals surface area contributed by atoms with E-state index in [1.54, 1.807) is 19.1 Å². The van der Waals surface area contributed by atoms with Gasteiger partial charge in [0.2, 0.25) is 0 Å². The average Bonchev–Trinajstić information content (AvgIpc) is 3.27. The van der Waals surface area contributed by atoms with Gasteiger partial charge in [0.1, 0.15) is 5.82 Å². The van der Waals surface area contributed by atoms with Crippen LogP contribution in [0.1, 0.15) is 22.6 Å². The monoisotopic (exact) mass is 397 g/mol. The molecule has 144 valence electrons. The number of carbonyl (C=O) groups is 2. The van der Waals surface area contributed by atoms with Crippen molar-refractivity contribution in [3.8, 4) is 5.95 Å². The van der Waals surface area contributed by atoms with Crippen molar-refractivity contribution in [3.05, 3.63) is 57.7 Å². The molecule has 0 unspecified atom stereocenters. The number of rotatable bonds is 6. The van der Waals surface area contributed by atoms with Crippen LogP contribution in [0.3, 0.4) is 0 Å². The van der Waals surface area contributed by atoms with E-state index in [1.807, 2.05) is 36.7 Å². The van der Waals surface area contributed by atoms with Crippen LogP contribution in [0.2, 0.25) is 0 Å². The van der Waals surface area contributed by atoms with E-state index in [0.29, 0.717) is 17.5 Å². The molecule has 0 aromatic carbocycles. The molecule has 1 N–H and O–H groups in total.